The molecule has 0 N–H and O–H groups in total. The molecule has 3 aromatic heterocycles. The lowest BCUT2D eigenvalue weighted by atomic mass is 10.0. The van der Waals surface area contributed by atoms with Crippen LogP contribution >= 0.6 is 0 Å². The number of rotatable bonds is 2. The molecule has 0 aliphatic heterocycles. The van der Waals surface area contributed by atoms with Crippen molar-refractivity contribution in [3.63, 3.8) is 0 Å². The van der Waals surface area contributed by atoms with Gasteiger partial charge >= 0.3 is 0 Å². The molecule has 0 aliphatic carbocycles. The van der Waals surface area contributed by atoms with Gasteiger partial charge in [0.05, 0.1) is 28.4 Å². The predicted molar refractivity (Wildman–Crippen MR) is 150 cm³/mol. The smallest absolute Gasteiger partial charge is 0.0718 e. The third-order valence-corrected chi connectivity index (χ3v) is 7.39. The van der Waals surface area contributed by atoms with Gasteiger partial charge in [0.25, 0.3) is 0 Å². The predicted octanol–water partition coefficient (Wildman–Crippen LogP) is 8.43. The number of aromatic nitrogens is 3. The summed E-state index contributed by atoms with van der Waals surface area (Å²) in [6, 6.07) is 39.1. The Morgan fingerprint density at radius 1 is 0.500 bits per heavy atom. The van der Waals surface area contributed by atoms with Gasteiger partial charge in [-0.05, 0) is 35.7 Å². The van der Waals surface area contributed by atoms with Gasteiger partial charge in [0.1, 0.15) is 0 Å². The number of hydrogen-bond donors (Lipinski definition) is 0. The molecule has 0 radical (unpaired) electrons. The third kappa shape index (κ3) is 2.60. The van der Waals surface area contributed by atoms with Crippen LogP contribution in [0.1, 0.15) is 0 Å². The topological polar surface area (TPSA) is 22.8 Å². The summed E-state index contributed by atoms with van der Waals surface area (Å²) < 4.78 is 4.71. The van der Waals surface area contributed by atoms with E-state index in [-0.39, 0.29) is 0 Å². The quantitative estimate of drug-likeness (QED) is 0.254. The van der Waals surface area contributed by atoms with Gasteiger partial charge in [0, 0.05) is 50.4 Å². The molecule has 3 heterocycles. The maximum atomic E-state index is 4.59. The molecule has 0 atom stereocenters. The van der Waals surface area contributed by atoms with Crippen molar-refractivity contribution in [1.29, 1.82) is 0 Å². The van der Waals surface area contributed by atoms with Crippen LogP contribution in [0.4, 0.5) is 0 Å². The van der Waals surface area contributed by atoms with Gasteiger partial charge < -0.3 is 9.13 Å². The average molecular weight is 460 g/mol. The van der Waals surface area contributed by atoms with E-state index in [1.807, 2.05) is 12.4 Å². The monoisotopic (exact) mass is 459 g/mol. The number of nitrogens with zero attached hydrogens (tertiary/aromatic N) is 3. The minimum atomic E-state index is 1.10. The van der Waals surface area contributed by atoms with Gasteiger partial charge in [-0.3, -0.25) is 4.98 Å². The summed E-state index contributed by atoms with van der Waals surface area (Å²) in [5.74, 6) is 0. The Bertz CT molecular complexity index is 2090. The lowest BCUT2D eigenvalue weighted by Crippen LogP contribution is -1.96. The van der Waals surface area contributed by atoms with Gasteiger partial charge in [-0.1, -0.05) is 78.9 Å². The minimum absolute atomic E-state index is 1.10. The largest absolute Gasteiger partial charge is 0.314 e. The normalized spacial score (nSPS) is 11.9. The highest BCUT2D eigenvalue weighted by molar-refractivity contribution is 6.28. The molecule has 0 spiro atoms. The molecule has 36 heavy (non-hydrogen) atoms. The van der Waals surface area contributed by atoms with E-state index in [0.29, 0.717) is 0 Å². The second-order valence-corrected chi connectivity index (χ2v) is 9.31. The summed E-state index contributed by atoms with van der Waals surface area (Å²) in [6.07, 6.45) is 6.10. The summed E-state index contributed by atoms with van der Waals surface area (Å²) >= 11 is 0. The lowest BCUT2D eigenvalue weighted by Gasteiger charge is -2.12. The van der Waals surface area contributed by atoms with Gasteiger partial charge in [-0.25, -0.2) is 0 Å². The van der Waals surface area contributed by atoms with E-state index in [2.05, 4.69) is 130 Å². The SMILES string of the molecule is c1ccc(-n2c3ccccc3c3c4c(ccc5ccn(-c6cncc7ccccc67)c54)ccc32)cc1. The van der Waals surface area contributed by atoms with Crippen molar-refractivity contribution in [2.24, 2.45) is 0 Å². The second kappa shape index (κ2) is 7.30. The first kappa shape index (κ1) is 19.4. The van der Waals surface area contributed by atoms with Crippen LogP contribution in [0, 0.1) is 0 Å². The van der Waals surface area contributed by atoms with Crippen molar-refractivity contribution in [2.45, 2.75) is 0 Å². The summed E-state index contributed by atoms with van der Waals surface area (Å²) in [5.41, 5.74) is 5.91. The third-order valence-electron chi connectivity index (χ3n) is 7.39. The fourth-order valence-electron chi connectivity index (χ4n) is 5.85. The maximum absolute atomic E-state index is 4.59. The minimum Gasteiger partial charge on any atom is -0.314 e. The highest BCUT2D eigenvalue weighted by Crippen LogP contribution is 2.41. The number of pyridine rings is 1. The number of hydrogen-bond acceptors (Lipinski definition) is 1. The molecule has 0 aliphatic rings. The van der Waals surface area contributed by atoms with E-state index in [9.17, 15) is 0 Å². The first-order chi connectivity index (χ1) is 17.9. The van der Waals surface area contributed by atoms with E-state index in [0.717, 1.165) is 11.1 Å². The molecular formula is C33H21N3. The highest BCUT2D eigenvalue weighted by Gasteiger charge is 2.18. The van der Waals surface area contributed by atoms with Crippen molar-refractivity contribution < 1.29 is 0 Å². The van der Waals surface area contributed by atoms with Crippen molar-refractivity contribution in [3.8, 4) is 11.4 Å². The molecule has 8 rings (SSSR count). The zero-order valence-corrected chi connectivity index (χ0v) is 19.5. The van der Waals surface area contributed by atoms with Crippen LogP contribution in [0.25, 0.3) is 65.6 Å². The zero-order valence-electron chi connectivity index (χ0n) is 19.5. The Hall–Kier alpha value is -4.89. The van der Waals surface area contributed by atoms with Crippen LogP contribution in [0.5, 0.6) is 0 Å². The molecule has 0 saturated carbocycles. The molecule has 0 fully saturated rings. The Balaban J connectivity index is 1.59. The van der Waals surface area contributed by atoms with E-state index in [1.165, 1.54) is 54.6 Å². The Kier molecular flexibility index (Phi) is 3.94. The fourth-order valence-corrected chi connectivity index (χ4v) is 5.85. The second-order valence-electron chi connectivity index (χ2n) is 9.31. The van der Waals surface area contributed by atoms with Crippen LogP contribution in [0.15, 0.2) is 128 Å². The molecule has 3 heteroatoms. The van der Waals surface area contributed by atoms with Crippen LogP contribution in [0.2, 0.25) is 0 Å². The van der Waals surface area contributed by atoms with E-state index >= 15 is 0 Å². The van der Waals surface area contributed by atoms with Crippen molar-refractivity contribution in [3.05, 3.63) is 128 Å². The maximum Gasteiger partial charge on any atom is 0.0718 e. The first-order valence-electron chi connectivity index (χ1n) is 12.2. The standard InChI is InChI=1S/C33H21N3/c1-2-9-25(10-3-1)36-28-13-7-6-12-27(28)32-29(36)17-16-22-14-15-23-18-19-35(33(23)31(22)32)30-21-34-20-24-8-4-5-11-26(24)30/h1-21H. The number of fused-ring (bicyclic) bond motifs is 8. The number of benzene rings is 5. The molecule has 0 unspecified atom stereocenters. The molecule has 0 amide bonds. The van der Waals surface area contributed by atoms with Crippen molar-refractivity contribution >= 4 is 54.3 Å². The molecule has 0 saturated heterocycles. The van der Waals surface area contributed by atoms with Gasteiger partial charge in [0.15, 0.2) is 0 Å². The molecule has 5 aromatic carbocycles. The number of para-hydroxylation sites is 2. The Morgan fingerprint density at radius 3 is 2.17 bits per heavy atom. The average Bonchev–Trinajstić information content (AvgIpc) is 3.52. The van der Waals surface area contributed by atoms with Crippen LogP contribution in [-0.4, -0.2) is 14.1 Å². The van der Waals surface area contributed by atoms with E-state index in [4.69, 9.17) is 0 Å². The van der Waals surface area contributed by atoms with E-state index < -0.39 is 0 Å². The molecule has 0 bridgehead atoms. The van der Waals surface area contributed by atoms with E-state index in [1.54, 1.807) is 0 Å². The van der Waals surface area contributed by atoms with Crippen molar-refractivity contribution in [1.82, 2.24) is 14.1 Å². The lowest BCUT2D eigenvalue weighted by molar-refractivity contribution is 1.12. The Morgan fingerprint density at radius 2 is 1.25 bits per heavy atom. The summed E-state index contributed by atoms with van der Waals surface area (Å²) in [6.45, 7) is 0. The molecule has 3 nitrogen and oxygen atoms in total. The van der Waals surface area contributed by atoms with Crippen molar-refractivity contribution in [2.75, 3.05) is 0 Å². The van der Waals surface area contributed by atoms with Crippen LogP contribution < -0.4 is 0 Å². The first-order valence-corrected chi connectivity index (χ1v) is 12.2. The van der Waals surface area contributed by atoms with Gasteiger partial charge in [-0.2, -0.15) is 0 Å². The molecule has 8 aromatic rings. The molecular weight excluding hydrogens is 438 g/mol. The zero-order chi connectivity index (χ0) is 23.6. The summed E-state index contributed by atoms with van der Waals surface area (Å²) in [4.78, 5) is 4.59. The van der Waals surface area contributed by atoms with Crippen LogP contribution in [0.3, 0.4) is 0 Å². The van der Waals surface area contributed by atoms with Crippen LogP contribution in [-0.2, 0) is 0 Å². The Labute approximate surface area is 207 Å². The van der Waals surface area contributed by atoms with Gasteiger partial charge in [-0.15, -0.1) is 0 Å². The fraction of sp³-hybridized carbons (Fsp3) is 0. The van der Waals surface area contributed by atoms with Gasteiger partial charge in [0.2, 0.25) is 0 Å². The summed E-state index contributed by atoms with van der Waals surface area (Å²) in [5, 5.41) is 8.61. The summed E-state index contributed by atoms with van der Waals surface area (Å²) in [7, 11) is 0. The molecule has 168 valence electrons. The highest BCUT2D eigenvalue weighted by atomic mass is 15.0.